The molecular formula is C15H13ClN4. The predicted molar refractivity (Wildman–Crippen MR) is 80.1 cm³/mol. The van der Waals surface area contributed by atoms with Crippen LogP contribution >= 0.6 is 11.6 Å². The number of pyridine rings is 1. The molecule has 0 aliphatic heterocycles. The Hall–Kier alpha value is -2.33. The van der Waals surface area contributed by atoms with Crippen LogP contribution in [0.5, 0.6) is 0 Å². The number of anilines is 1. The second-order valence-corrected chi connectivity index (χ2v) is 4.64. The summed E-state index contributed by atoms with van der Waals surface area (Å²) in [6.45, 7) is 0.602. The summed E-state index contributed by atoms with van der Waals surface area (Å²) < 4.78 is 1.85. The monoisotopic (exact) mass is 284 g/mol. The van der Waals surface area contributed by atoms with Crippen LogP contribution in [0.2, 0.25) is 5.15 Å². The molecular weight excluding hydrogens is 272 g/mol. The molecule has 1 aromatic carbocycles. The first-order valence-electron chi connectivity index (χ1n) is 6.27. The lowest BCUT2D eigenvalue weighted by Gasteiger charge is -2.05. The average molecular weight is 285 g/mol. The summed E-state index contributed by atoms with van der Waals surface area (Å²) in [6.07, 6.45) is 3.61. The summed E-state index contributed by atoms with van der Waals surface area (Å²) in [7, 11) is 0. The lowest BCUT2D eigenvalue weighted by molar-refractivity contribution is 0.844. The first-order chi connectivity index (χ1) is 9.83. The first-order valence-corrected chi connectivity index (χ1v) is 6.65. The number of aromatic nitrogens is 3. The van der Waals surface area contributed by atoms with Crippen molar-refractivity contribution in [2.75, 3.05) is 5.32 Å². The Morgan fingerprint density at radius 1 is 1.05 bits per heavy atom. The van der Waals surface area contributed by atoms with E-state index in [1.807, 2.05) is 59.4 Å². The van der Waals surface area contributed by atoms with Gasteiger partial charge in [-0.05, 0) is 30.3 Å². The molecule has 0 saturated carbocycles. The number of para-hydroxylation sites is 1. The average Bonchev–Trinajstić information content (AvgIpc) is 2.96. The molecule has 0 atom stereocenters. The van der Waals surface area contributed by atoms with E-state index in [1.165, 1.54) is 0 Å². The highest BCUT2D eigenvalue weighted by atomic mass is 35.5. The molecule has 4 nitrogen and oxygen atoms in total. The van der Waals surface area contributed by atoms with Gasteiger partial charge in [0.25, 0.3) is 0 Å². The largest absolute Gasteiger partial charge is 0.377 e. The van der Waals surface area contributed by atoms with E-state index in [0.29, 0.717) is 11.7 Å². The molecule has 0 aliphatic carbocycles. The minimum atomic E-state index is 0.468. The van der Waals surface area contributed by atoms with Crippen LogP contribution in [-0.4, -0.2) is 14.8 Å². The number of benzene rings is 1. The molecule has 5 heteroatoms. The molecule has 0 radical (unpaired) electrons. The number of nitrogens with zero attached hydrogens (tertiary/aromatic N) is 3. The van der Waals surface area contributed by atoms with E-state index in [9.17, 15) is 0 Å². The standard InChI is InChI=1S/C15H13ClN4/c16-15-14(7-4-9-17-15)18-11-12-8-10-20(19-12)13-5-2-1-3-6-13/h1-10,18H,11H2. The van der Waals surface area contributed by atoms with Crippen molar-refractivity contribution in [2.45, 2.75) is 6.54 Å². The lowest BCUT2D eigenvalue weighted by atomic mass is 10.3. The Labute approximate surface area is 122 Å². The second-order valence-electron chi connectivity index (χ2n) is 4.28. The van der Waals surface area contributed by atoms with Crippen molar-refractivity contribution in [3.8, 4) is 5.69 Å². The van der Waals surface area contributed by atoms with E-state index in [1.54, 1.807) is 6.20 Å². The van der Waals surface area contributed by atoms with Crippen LogP contribution in [0.25, 0.3) is 5.69 Å². The number of nitrogens with one attached hydrogen (secondary N) is 1. The van der Waals surface area contributed by atoms with Gasteiger partial charge in [-0.1, -0.05) is 29.8 Å². The molecule has 20 heavy (non-hydrogen) atoms. The highest BCUT2D eigenvalue weighted by Gasteiger charge is 2.03. The lowest BCUT2D eigenvalue weighted by Crippen LogP contribution is -2.02. The van der Waals surface area contributed by atoms with E-state index in [0.717, 1.165) is 17.1 Å². The number of hydrogen-bond donors (Lipinski definition) is 1. The Morgan fingerprint density at radius 3 is 2.70 bits per heavy atom. The van der Waals surface area contributed by atoms with Gasteiger partial charge in [0.1, 0.15) is 0 Å². The molecule has 2 aromatic heterocycles. The Kier molecular flexibility index (Phi) is 3.65. The minimum Gasteiger partial charge on any atom is -0.377 e. The van der Waals surface area contributed by atoms with Crippen LogP contribution in [0, 0.1) is 0 Å². The van der Waals surface area contributed by atoms with Gasteiger partial charge in [-0.3, -0.25) is 0 Å². The Morgan fingerprint density at radius 2 is 1.90 bits per heavy atom. The fourth-order valence-electron chi connectivity index (χ4n) is 1.88. The van der Waals surface area contributed by atoms with Crippen molar-refractivity contribution in [1.29, 1.82) is 0 Å². The van der Waals surface area contributed by atoms with Crippen molar-refractivity contribution in [3.63, 3.8) is 0 Å². The van der Waals surface area contributed by atoms with Gasteiger partial charge in [0.2, 0.25) is 0 Å². The van der Waals surface area contributed by atoms with Crippen LogP contribution in [-0.2, 0) is 6.54 Å². The van der Waals surface area contributed by atoms with Crippen molar-refractivity contribution in [3.05, 3.63) is 71.8 Å². The van der Waals surface area contributed by atoms with Gasteiger partial charge in [0.15, 0.2) is 5.15 Å². The van der Waals surface area contributed by atoms with Crippen LogP contribution in [0.15, 0.2) is 60.9 Å². The Balaban J connectivity index is 1.71. The Bertz CT molecular complexity index is 694. The van der Waals surface area contributed by atoms with E-state index >= 15 is 0 Å². The predicted octanol–water partition coefficient (Wildman–Crippen LogP) is 3.53. The third kappa shape index (κ3) is 2.81. The van der Waals surface area contributed by atoms with Crippen molar-refractivity contribution < 1.29 is 0 Å². The van der Waals surface area contributed by atoms with Crippen molar-refractivity contribution in [1.82, 2.24) is 14.8 Å². The molecule has 1 N–H and O–H groups in total. The maximum Gasteiger partial charge on any atom is 0.152 e. The van der Waals surface area contributed by atoms with Crippen molar-refractivity contribution >= 4 is 17.3 Å². The zero-order chi connectivity index (χ0) is 13.8. The van der Waals surface area contributed by atoms with Crippen molar-refractivity contribution in [2.24, 2.45) is 0 Å². The fraction of sp³-hybridized carbons (Fsp3) is 0.0667. The molecule has 0 aliphatic rings. The van der Waals surface area contributed by atoms with Gasteiger partial charge < -0.3 is 5.32 Å². The quantitative estimate of drug-likeness (QED) is 0.745. The number of halogens is 1. The molecule has 0 spiro atoms. The van der Waals surface area contributed by atoms with Gasteiger partial charge in [-0.15, -0.1) is 0 Å². The smallest absolute Gasteiger partial charge is 0.152 e. The molecule has 3 aromatic rings. The third-order valence-electron chi connectivity index (χ3n) is 2.88. The van der Waals surface area contributed by atoms with Gasteiger partial charge in [0.05, 0.1) is 23.6 Å². The van der Waals surface area contributed by atoms with Crippen LogP contribution in [0.1, 0.15) is 5.69 Å². The summed E-state index contributed by atoms with van der Waals surface area (Å²) in [5.74, 6) is 0. The van der Waals surface area contributed by atoms with E-state index < -0.39 is 0 Å². The molecule has 3 rings (SSSR count). The SMILES string of the molecule is Clc1ncccc1NCc1ccn(-c2ccccc2)n1. The summed E-state index contributed by atoms with van der Waals surface area (Å²) in [5.41, 5.74) is 2.79. The first kappa shape index (κ1) is 12.7. The molecule has 0 bridgehead atoms. The molecule has 0 unspecified atom stereocenters. The topological polar surface area (TPSA) is 42.7 Å². The van der Waals surface area contributed by atoms with E-state index in [4.69, 9.17) is 11.6 Å². The fourth-order valence-corrected chi connectivity index (χ4v) is 2.07. The van der Waals surface area contributed by atoms with Gasteiger partial charge >= 0.3 is 0 Å². The number of hydrogen-bond acceptors (Lipinski definition) is 3. The summed E-state index contributed by atoms with van der Waals surface area (Å²) in [5, 5.41) is 8.21. The molecule has 2 heterocycles. The minimum absolute atomic E-state index is 0.468. The van der Waals surface area contributed by atoms with E-state index in [-0.39, 0.29) is 0 Å². The maximum absolute atomic E-state index is 5.99. The highest BCUT2D eigenvalue weighted by molar-refractivity contribution is 6.31. The third-order valence-corrected chi connectivity index (χ3v) is 3.19. The highest BCUT2D eigenvalue weighted by Crippen LogP contribution is 2.18. The zero-order valence-electron chi connectivity index (χ0n) is 10.7. The van der Waals surface area contributed by atoms with Crippen LogP contribution < -0.4 is 5.32 Å². The van der Waals surface area contributed by atoms with E-state index in [2.05, 4.69) is 15.4 Å². The van der Waals surface area contributed by atoms with Crippen LogP contribution in [0.3, 0.4) is 0 Å². The summed E-state index contributed by atoms with van der Waals surface area (Å²) in [4.78, 5) is 4.02. The molecule has 0 fully saturated rings. The normalized spacial score (nSPS) is 10.4. The molecule has 0 saturated heterocycles. The van der Waals surface area contributed by atoms with Gasteiger partial charge in [0, 0.05) is 12.4 Å². The summed E-state index contributed by atoms with van der Waals surface area (Å²) >= 11 is 5.99. The number of rotatable bonds is 4. The van der Waals surface area contributed by atoms with Gasteiger partial charge in [-0.2, -0.15) is 5.10 Å². The van der Waals surface area contributed by atoms with Crippen LogP contribution in [0.4, 0.5) is 5.69 Å². The van der Waals surface area contributed by atoms with Gasteiger partial charge in [-0.25, -0.2) is 9.67 Å². The summed E-state index contributed by atoms with van der Waals surface area (Å²) in [6, 6.07) is 15.7. The zero-order valence-corrected chi connectivity index (χ0v) is 11.5. The second kappa shape index (κ2) is 5.75. The maximum atomic E-state index is 5.99. The molecule has 100 valence electrons. The molecule has 0 amide bonds.